The predicted octanol–water partition coefficient (Wildman–Crippen LogP) is 1.23. The van der Waals surface area contributed by atoms with E-state index in [1.165, 1.54) is 13.5 Å². The lowest BCUT2D eigenvalue weighted by Gasteiger charge is -2.06. The quantitative estimate of drug-likeness (QED) is 0.696. The van der Waals surface area contributed by atoms with Gasteiger partial charge in [-0.3, -0.25) is 0 Å². The fourth-order valence-corrected chi connectivity index (χ4v) is 1.80. The van der Waals surface area contributed by atoms with Crippen LogP contribution in [0.1, 0.15) is 34.9 Å². The van der Waals surface area contributed by atoms with E-state index in [-0.39, 0.29) is 5.97 Å². The van der Waals surface area contributed by atoms with Gasteiger partial charge in [0, 0.05) is 17.9 Å². The summed E-state index contributed by atoms with van der Waals surface area (Å²) in [6.45, 7) is 1.05. The molecule has 76 valence electrons. The van der Waals surface area contributed by atoms with Crippen molar-refractivity contribution >= 4 is 5.97 Å². The van der Waals surface area contributed by atoms with Crippen LogP contribution in [0.25, 0.3) is 0 Å². The number of esters is 1. The van der Waals surface area contributed by atoms with Crippen LogP contribution in [0.4, 0.5) is 0 Å². The summed E-state index contributed by atoms with van der Waals surface area (Å²) in [5, 5.41) is 3.36. The first-order chi connectivity index (χ1) is 6.81. The number of rotatable bonds is 2. The van der Waals surface area contributed by atoms with E-state index in [0.29, 0.717) is 11.6 Å². The van der Waals surface area contributed by atoms with E-state index in [2.05, 4.69) is 15.0 Å². The third-order valence-corrected chi connectivity index (χ3v) is 2.56. The number of methoxy groups -OCH3 is 1. The van der Waals surface area contributed by atoms with Crippen LogP contribution in [0, 0.1) is 0 Å². The van der Waals surface area contributed by atoms with E-state index in [9.17, 15) is 4.79 Å². The molecule has 1 aliphatic heterocycles. The summed E-state index contributed by atoms with van der Waals surface area (Å²) in [6.07, 6.45) is 4.01. The van der Waals surface area contributed by atoms with Crippen molar-refractivity contribution in [3.05, 3.63) is 23.5 Å². The highest BCUT2D eigenvalue weighted by Gasteiger charge is 2.19. The van der Waals surface area contributed by atoms with Crippen LogP contribution >= 0.6 is 0 Å². The van der Waals surface area contributed by atoms with E-state index >= 15 is 0 Å². The van der Waals surface area contributed by atoms with Gasteiger partial charge in [0.25, 0.3) is 0 Å². The van der Waals surface area contributed by atoms with Crippen molar-refractivity contribution in [3.8, 4) is 0 Å². The van der Waals surface area contributed by atoms with Gasteiger partial charge >= 0.3 is 5.97 Å². The zero-order valence-corrected chi connectivity index (χ0v) is 8.17. The van der Waals surface area contributed by atoms with Gasteiger partial charge in [0.1, 0.15) is 0 Å². The Balaban J connectivity index is 2.12. The highest BCUT2D eigenvalue weighted by atomic mass is 16.5. The fourth-order valence-electron chi connectivity index (χ4n) is 1.80. The maximum atomic E-state index is 11.2. The number of carbonyl (C=O) groups is 1. The van der Waals surface area contributed by atoms with Crippen LogP contribution in [0.5, 0.6) is 0 Å². The second kappa shape index (κ2) is 3.84. The lowest BCUT2D eigenvalue weighted by atomic mass is 10.1. The molecule has 1 unspecified atom stereocenters. The molecule has 1 aliphatic rings. The minimum Gasteiger partial charge on any atom is -0.465 e. The Kier molecular flexibility index (Phi) is 2.54. The summed E-state index contributed by atoms with van der Waals surface area (Å²) in [6, 6.07) is 2.22. The number of ether oxygens (including phenoxy) is 1. The lowest BCUT2D eigenvalue weighted by molar-refractivity contribution is 0.0601. The molecule has 0 radical (unpaired) electrons. The van der Waals surface area contributed by atoms with Crippen molar-refractivity contribution in [1.82, 2.24) is 10.3 Å². The summed E-state index contributed by atoms with van der Waals surface area (Å²) in [5.41, 5.74) is 1.67. The molecule has 4 heteroatoms. The Morgan fingerprint density at radius 3 is 3.14 bits per heavy atom. The van der Waals surface area contributed by atoms with E-state index in [0.717, 1.165) is 18.7 Å². The van der Waals surface area contributed by atoms with E-state index in [4.69, 9.17) is 0 Å². The summed E-state index contributed by atoms with van der Waals surface area (Å²) >= 11 is 0. The second-order valence-electron chi connectivity index (χ2n) is 3.48. The van der Waals surface area contributed by atoms with Crippen LogP contribution in [0.15, 0.2) is 12.3 Å². The van der Waals surface area contributed by atoms with Gasteiger partial charge in [-0.05, 0) is 25.5 Å². The average Bonchev–Trinajstić information content (AvgIpc) is 2.86. The highest BCUT2D eigenvalue weighted by molar-refractivity contribution is 5.89. The highest BCUT2D eigenvalue weighted by Crippen LogP contribution is 2.22. The Bertz CT molecular complexity index is 327. The normalized spacial score (nSPS) is 21.1. The average molecular weight is 194 g/mol. The third kappa shape index (κ3) is 1.65. The van der Waals surface area contributed by atoms with Crippen LogP contribution in [0.3, 0.4) is 0 Å². The van der Waals surface area contributed by atoms with Gasteiger partial charge in [0.2, 0.25) is 0 Å². The van der Waals surface area contributed by atoms with E-state index in [1.54, 1.807) is 6.20 Å². The van der Waals surface area contributed by atoms with Crippen molar-refractivity contribution in [2.75, 3.05) is 13.7 Å². The number of H-pyrrole nitrogens is 1. The molecule has 0 amide bonds. The van der Waals surface area contributed by atoms with Crippen LogP contribution in [-0.2, 0) is 4.74 Å². The molecule has 2 heterocycles. The molecule has 1 saturated heterocycles. The standard InChI is InChI=1S/C10H14N2O2/c1-14-10(13)7-5-9(12-6-7)8-3-2-4-11-8/h5-6,8,11-12H,2-4H2,1H3. The number of nitrogens with one attached hydrogen (secondary N) is 2. The monoisotopic (exact) mass is 194 g/mol. The van der Waals surface area contributed by atoms with Crippen molar-refractivity contribution in [1.29, 1.82) is 0 Å². The molecule has 0 spiro atoms. The molecule has 0 saturated carbocycles. The van der Waals surface area contributed by atoms with Gasteiger partial charge in [-0.25, -0.2) is 4.79 Å². The molecular formula is C10H14N2O2. The maximum absolute atomic E-state index is 11.2. The number of aromatic amines is 1. The van der Waals surface area contributed by atoms with Gasteiger partial charge in [-0.15, -0.1) is 0 Å². The molecule has 14 heavy (non-hydrogen) atoms. The number of hydrogen-bond donors (Lipinski definition) is 2. The van der Waals surface area contributed by atoms with Crippen molar-refractivity contribution in [3.63, 3.8) is 0 Å². The van der Waals surface area contributed by atoms with E-state index < -0.39 is 0 Å². The number of hydrogen-bond acceptors (Lipinski definition) is 3. The zero-order valence-electron chi connectivity index (χ0n) is 8.17. The largest absolute Gasteiger partial charge is 0.465 e. The molecule has 0 aliphatic carbocycles. The van der Waals surface area contributed by atoms with Crippen LogP contribution in [-0.4, -0.2) is 24.6 Å². The molecule has 0 aromatic carbocycles. The SMILES string of the molecule is COC(=O)c1c[nH]c(C2CCCN2)c1. The molecule has 2 rings (SSSR count). The first-order valence-corrected chi connectivity index (χ1v) is 4.81. The summed E-state index contributed by atoms with van der Waals surface area (Å²) in [5.74, 6) is -0.287. The third-order valence-electron chi connectivity index (χ3n) is 2.56. The summed E-state index contributed by atoms with van der Waals surface area (Å²) in [4.78, 5) is 14.3. The summed E-state index contributed by atoms with van der Waals surface area (Å²) in [7, 11) is 1.39. The molecule has 0 bridgehead atoms. The van der Waals surface area contributed by atoms with E-state index in [1.807, 2.05) is 6.07 Å². The van der Waals surface area contributed by atoms with Gasteiger partial charge in [0.15, 0.2) is 0 Å². The Hall–Kier alpha value is -1.29. The Morgan fingerprint density at radius 1 is 1.64 bits per heavy atom. The maximum Gasteiger partial charge on any atom is 0.339 e. The van der Waals surface area contributed by atoms with Gasteiger partial charge in [0.05, 0.1) is 12.7 Å². The van der Waals surface area contributed by atoms with Crippen LogP contribution < -0.4 is 5.32 Å². The minimum atomic E-state index is -0.287. The number of carbonyl (C=O) groups excluding carboxylic acids is 1. The van der Waals surface area contributed by atoms with Crippen molar-refractivity contribution in [2.45, 2.75) is 18.9 Å². The van der Waals surface area contributed by atoms with Crippen LogP contribution in [0.2, 0.25) is 0 Å². The fraction of sp³-hybridized carbons (Fsp3) is 0.500. The first kappa shape index (κ1) is 9.27. The Labute approximate surface area is 82.6 Å². The summed E-state index contributed by atoms with van der Waals surface area (Å²) < 4.78 is 4.63. The van der Waals surface area contributed by atoms with Gasteiger partial charge < -0.3 is 15.0 Å². The van der Waals surface area contributed by atoms with Gasteiger partial charge in [-0.1, -0.05) is 0 Å². The molecule has 1 atom stereocenters. The van der Waals surface area contributed by atoms with Gasteiger partial charge in [-0.2, -0.15) is 0 Å². The number of aromatic nitrogens is 1. The predicted molar refractivity (Wildman–Crippen MR) is 52.1 cm³/mol. The van der Waals surface area contributed by atoms with Crippen molar-refractivity contribution < 1.29 is 9.53 Å². The molecule has 1 aromatic heterocycles. The first-order valence-electron chi connectivity index (χ1n) is 4.81. The molecule has 1 aromatic rings. The molecule has 2 N–H and O–H groups in total. The second-order valence-corrected chi connectivity index (χ2v) is 3.48. The zero-order chi connectivity index (χ0) is 9.97. The smallest absolute Gasteiger partial charge is 0.339 e. The Morgan fingerprint density at radius 2 is 2.50 bits per heavy atom. The lowest BCUT2D eigenvalue weighted by Crippen LogP contribution is -2.12. The molecular weight excluding hydrogens is 180 g/mol. The molecule has 4 nitrogen and oxygen atoms in total. The van der Waals surface area contributed by atoms with Crippen molar-refractivity contribution in [2.24, 2.45) is 0 Å². The topological polar surface area (TPSA) is 54.1 Å². The minimum absolute atomic E-state index is 0.287. The molecule has 1 fully saturated rings.